The van der Waals surface area contributed by atoms with Crippen molar-refractivity contribution < 1.29 is 31.2 Å². The molecule has 0 rings (SSSR count). The molecule has 0 unspecified atom stereocenters. The highest BCUT2D eigenvalue weighted by Crippen LogP contribution is 2.06. The van der Waals surface area contributed by atoms with Gasteiger partial charge in [-0.05, 0) is 13.8 Å². The van der Waals surface area contributed by atoms with Crippen molar-refractivity contribution in [2.45, 2.75) is 13.8 Å². The minimum Gasteiger partial charge on any atom is -0.418 e. The van der Waals surface area contributed by atoms with Crippen molar-refractivity contribution >= 4 is 7.25 Å². The number of rotatable bonds is 6. The molecule has 0 radical (unpaired) electrons. The van der Waals surface area contributed by atoms with Crippen LogP contribution < -0.4 is 0 Å². The number of ether oxygens (including phenoxy) is 2. The average molecular weight is 249 g/mol. The second kappa shape index (κ2) is 8.78. The van der Waals surface area contributed by atoms with Crippen molar-refractivity contribution in [3.8, 4) is 0 Å². The van der Waals surface area contributed by atoms with Crippen LogP contribution in [0.5, 0.6) is 0 Å². The van der Waals surface area contributed by atoms with Crippen molar-refractivity contribution in [1.82, 2.24) is 0 Å². The summed E-state index contributed by atoms with van der Waals surface area (Å²) in [5.74, 6) is 0. The summed E-state index contributed by atoms with van der Waals surface area (Å²) in [7, 11) is -1.82. The van der Waals surface area contributed by atoms with E-state index in [0.29, 0.717) is 0 Å². The summed E-state index contributed by atoms with van der Waals surface area (Å²) in [5.41, 5.74) is 0. The van der Waals surface area contributed by atoms with Gasteiger partial charge in [0, 0.05) is 13.2 Å². The quantitative estimate of drug-likeness (QED) is 0.311. The van der Waals surface area contributed by atoms with Gasteiger partial charge in [0.1, 0.15) is 0 Å². The maximum Gasteiger partial charge on any atom is 0.673 e. The Balaban J connectivity index is 0. The van der Waals surface area contributed by atoms with Gasteiger partial charge in [-0.25, -0.2) is 0 Å². The van der Waals surface area contributed by atoms with Crippen LogP contribution in [-0.2, 0) is 9.47 Å². The normalized spacial score (nSPS) is 12.0. The minimum absolute atomic E-state index is 0.719. The fraction of sp³-hybridized carbons (Fsp3) is 1.00. The highest BCUT2D eigenvalue weighted by Gasteiger charge is 2.20. The van der Waals surface area contributed by atoms with Crippen LogP contribution in [0, 0.1) is 0 Å². The van der Waals surface area contributed by atoms with Gasteiger partial charge in [0.15, 0.2) is 13.5 Å². The van der Waals surface area contributed by atoms with E-state index in [4.69, 9.17) is 9.47 Å². The lowest BCUT2D eigenvalue weighted by Gasteiger charge is -2.28. The van der Waals surface area contributed by atoms with Gasteiger partial charge in [-0.3, -0.25) is 4.48 Å². The van der Waals surface area contributed by atoms with Crippen LogP contribution >= 0.6 is 0 Å². The summed E-state index contributed by atoms with van der Waals surface area (Å²) in [6, 6.07) is 0. The molecule has 0 heterocycles. The second-order valence-electron chi connectivity index (χ2n) is 3.67. The van der Waals surface area contributed by atoms with E-state index in [-0.39, 0.29) is 0 Å². The van der Waals surface area contributed by atoms with E-state index in [0.717, 1.165) is 31.2 Å². The molecule has 16 heavy (non-hydrogen) atoms. The monoisotopic (exact) mass is 249 g/mol. The molecular formula is C8H20BF4NO2. The standard InChI is InChI=1S/C8H20NO2.BF4/c1-5-10-7-9(3,4)8-11-6-2;2-1(3,4)5/h5-8H2,1-4H3;/q+1;-1. The fourth-order valence-corrected chi connectivity index (χ4v) is 0.714. The second-order valence-corrected chi connectivity index (χ2v) is 3.67. The molecule has 0 saturated carbocycles. The number of halogens is 4. The van der Waals surface area contributed by atoms with Gasteiger partial charge >= 0.3 is 7.25 Å². The molecule has 0 spiro atoms. The van der Waals surface area contributed by atoms with Crippen LogP contribution in [0.2, 0.25) is 0 Å². The molecule has 8 heteroatoms. The number of nitrogens with zero attached hydrogens (tertiary/aromatic N) is 1. The molecule has 0 aliphatic heterocycles. The summed E-state index contributed by atoms with van der Waals surface area (Å²) >= 11 is 0. The molecule has 0 aliphatic rings. The van der Waals surface area contributed by atoms with Gasteiger partial charge in [-0.2, -0.15) is 0 Å². The van der Waals surface area contributed by atoms with E-state index in [2.05, 4.69) is 14.1 Å². The maximum atomic E-state index is 9.75. The molecular weight excluding hydrogens is 229 g/mol. The smallest absolute Gasteiger partial charge is 0.418 e. The van der Waals surface area contributed by atoms with Crippen LogP contribution in [0.3, 0.4) is 0 Å². The van der Waals surface area contributed by atoms with Gasteiger partial charge in [-0.15, -0.1) is 0 Å². The zero-order valence-electron chi connectivity index (χ0n) is 10.2. The summed E-state index contributed by atoms with van der Waals surface area (Å²) in [6.45, 7) is 6.98. The molecule has 0 aromatic rings. The number of hydrogen-bond donors (Lipinski definition) is 0. The third kappa shape index (κ3) is 23.5. The summed E-state index contributed by atoms with van der Waals surface area (Å²) < 4.78 is 50.3. The molecule has 0 bridgehead atoms. The van der Waals surface area contributed by atoms with Gasteiger partial charge in [-0.1, -0.05) is 0 Å². The lowest BCUT2D eigenvalue weighted by atomic mass is 10.3. The van der Waals surface area contributed by atoms with Gasteiger partial charge in [0.25, 0.3) is 0 Å². The first-order valence-electron chi connectivity index (χ1n) is 4.97. The first kappa shape index (κ1) is 18.0. The Hall–Kier alpha value is -0.335. The molecule has 0 N–H and O–H groups in total. The Morgan fingerprint density at radius 2 is 1.12 bits per heavy atom. The third-order valence-electron chi connectivity index (χ3n) is 1.29. The molecule has 0 atom stereocenters. The Bertz CT molecular complexity index is 151. The Morgan fingerprint density at radius 1 is 0.875 bits per heavy atom. The van der Waals surface area contributed by atoms with Gasteiger partial charge < -0.3 is 26.7 Å². The Kier molecular flexibility index (Phi) is 9.90. The predicted octanol–water partition coefficient (Wildman–Crippen LogP) is 2.35. The summed E-state index contributed by atoms with van der Waals surface area (Å²) in [4.78, 5) is 0. The first-order chi connectivity index (χ1) is 7.12. The molecule has 100 valence electrons. The molecule has 0 aromatic carbocycles. The van der Waals surface area contributed by atoms with Gasteiger partial charge in [0.2, 0.25) is 0 Å². The zero-order chi connectivity index (χ0) is 13.2. The van der Waals surface area contributed by atoms with Crippen molar-refractivity contribution in [1.29, 1.82) is 0 Å². The lowest BCUT2D eigenvalue weighted by molar-refractivity contribution is -0.927. The number of hydrogen-bond acceptors (Lipinski definition) is 2. The van der Waals surface area contributed by atoms with E-state index < -0.39 is 7.25 Å². The van der Waals surface area contributed by atoms with E-state index in [1.54, 1.807) is 0 Å². The lowest BCUT2D eigenvalue weighted by Crippen LogP contribution is -2.43. The Morgan fingerprint density at radius 3 is 1.31 bits per heavy atom. The predicted molar refractivity (Wildman–Crippen MR) is 55.3 cm³/mol. The van der Waals surface area contributed by atoms with Crippen LogP contribution in [0.25, 0.3) is 0 Å². The maximum absolute atomic E-state index is 9.75. The molecule has 0 amide bonds. The van der Waals surface area contributed by atoms with Crippen LogP contribution in [-0.4, -0.2) is 52.5 Å². The third-order valence-corrected chi connectivity index (χ3v) is 1.29. The molecule has 0 fully saturated rings. The molecule has 3 nitrogen and oxygen atoms in total. The van der Waals surface area contributed by atoms with Crippen molar-refractivity contribution in [3.63, 3.8) is 0 Å². The highest BCUT2D eigenvalue weighted by molar-refractivity contribution is 6.50. The Labute approximate surface area is 94.0 Å². The van der Waals surface area contributed by atoms with Crippen molar-refractivity contribution in [3.05, 3.63) is 0 Å². The van der Waals surface area contributed by atoms with Crippen LogP contribution in [0.4, 0.5) is 17.3 Å². The fourth-order valence-electron chi connectivity index (χ4n) is 0.714. The first-order valence-corrected chi connectivity index (χ1v) is 4.97. The van der Waals surface area contributed by atoms with Crippen LogP contribution in [0.15, 0.2) is 0 Å². The number of quaternary nitrogens is 1. The minimum atomic E-state index is -6.00. The van der Waals surface area contributed by atoms with Crippen molar-refractivity contribution in [2.24, 2.45) is 0 Å². The highest BCUT2D eigenvalue weighted by atomic mass is 19.5. The summed E-state index contributed by atoms with van der Waals surface area (Å²) in [5, 5.41) is 0. The van der Waals surface area contributed by atoms with E-state index in [9.17, 15) is 17.3 Å². The SMILES string of the molecule is CCOC[N+](C)(C)COCC.F[B-](F)(F)F. The average Bonchev–Trinajstić information content (AvgIpc) is 2.09. The van der Waals surface area contributed by atoms with E-state index >= 15 is 0 Å². The van der Waals surface area contributed by atoms with Crippen molar-refractivity contribution in [2.75, 3.05) is 40.8 Å². The van der Waals surface area contributed by atoms with E-state index in [1.807, 2.05) is 13.8 Å². The molecule has 0 aliphatic carbocycles. The largest absolute Gasteiger partial charge is 0.673 e. The summed E-state index contributed by atoms with van der Waals surface area (Å²) in [6.07, 6.45) is 0. The van der Waals surface area contributed by atoms with Crippen LogP contribution in [0.1, 0.15) is 13.8 Å². The van der Waals surface area contributed by atoms with E-state index in [1.165, 1.54) is 0 Å². The molecule has 0 aromatic heterocycles. The topological polar surface area (TPSA) is 18.5 Å². The molecule has 0 saturated heterocycles. The van der Waals surface area contributed by atoms with Gasteiger partial charge in [0.05, 0.1) is 14.1 Å². The zero-order valence-corrected chi connectivity index (χ0v) is 10.2.